The maximum atomic E-state index is 5.74. The van der Waals surface area contributed by atoms with Crippen LogP contribution in [0.4, 0.5) is 11.5 Å². The third-order valence-electron chi connectivity index (χ3n) is 2.64. The molecule has 0 saturated heterocycles. The van der Waals surface area contributed by atoms with E-state index in [0.717, 1.165) is 17.9 Å². The van der Waals surface area contributed by atoms with Gasteiger partial charge in [-0.25, -0.2) is 0 Å². The zero-order valence-corrected chi connectivity index (χ0v) is 10.8. The van der Waals surface area contributed by atoms with Crippen LogP contribution in [0, 0.1) is 0 Å². The van der Waals surface area contributed by atoms with Crippen LogP contribution in [0.3, 0.4) is 0 Å². The molecule has 0 aliphatic rings. The van der Waals surface area contributed by atoms with Gasteiger partial charge in [0, 0.05) is 32.4 Å². The van der Waals surface area contributed by atoms with Crippen molar-refractivity contribution in [2.24, 2.45) is 7.05 Å². The number of ether oxygens (including phenoxy) is 1. The summed E-state index contributed by atoms with van der Waals surface area (Å²) in [5.74, 6) is 1.26. The standard InChI is InChI=1S/C12H17N5O/c1-16(7-9-6-14-17(2)8-9)11-5-4-10(13)12(15-11)18-3/h4-6,8H,7,13H2,1-3H3. The third-order valence-corrected chi connectivity index (χ3v) is 2.64. The highest BCUT2D eigenvalue weighted by Gasteiger charge is 2.08. The molecule has 6 nitrogen and oxygen atoms in total. The number of hydrogen-bond donors (Lipinski definition) is 1. The van der Waals surface area contributed by atoms with Gasteiger partial charge in [-0.1, -0.05) is 0 Å². The summed E-state index contributed by atoms with van der Waals surface area (Å²) in [5, 5.41) is 4.14. The molecule has 0 amide bonds. The Morgan fingerprint density at radius 2 is 2.22 bits per heavy atom. The highest BCUT2D eigenvalue weighted by atomic mass is 16.5. The van der Waals surface area contributed by atoms with E-state index in [1.54, 1.807) is 17.9 Å². The van der Waals surface area contributed by atoms with Gasteiger partial charge in [0.1, 0.15) is 5.82 Å². The molecule has 6 heteroatoms. The van der Waals surface area contributed by atoms with E-state index in [9.17, 15) is 0 Å². The molecule has 2 heterocycles. The van der Waals surface area contributed by atoms with Gasteiger partial charge in [-0.2, -0.15) is 10.1 Å². The highest BCUT2D eigenvalue weighted by Crippen LogP contribution is 2.22. The molecule has 0 spiro atoms. The van der Waals surface area contributed by atoms with Gasteiger partial charge in [0.15, 0.2) is 0 Å². The average molecular weight is 247 g/mol. The molecular weight excluding hydrogens is 230 g/mol. The fourth-order valence-electron chi connectivity index (χ4n) is 1.73. The molecule has 0 aromatic carbocycles. The quantitative estimate of drug-likeness (QED) is 0.874. The van der Waals surface area contributed by atoms with Crippen molar-refractivity contribution in [1.29, 1.82) is 0 Å². The average Bonchev–Trinajstić information content (AvgIpc) is 2.75. The first-order valence-electron chi connectivity index (χ1n) is 5.59. The van der Waals surface area contributed by atoms with Crippen molar-refractivity contribution < 1.29 is 4.74 Å². The van der Waals surface area contributed by atoms with Crippen molar-refractivity contribution in [2.75, 3.05) is 24.8 Å². The molecule has 18 heavy (non-hydrogen) atoms. The van der Waals surface area contributed by atoms with Crippen LogP contribution < -0.4 is 15.4 Å². The van der Waals surface area contributed by atoms with E-state index in [4.69, 9.17) is 10.5 Å². The lowest BCUT2D eigenvalue weighted by Crippen LogP contribution is -2.17. The molecule has 0 bridgehead atoms. The SMILES string of the molecule is COc1nc(N(C)Cc2cnn(C)c2)ccc1N. The summed E-state index contributed by atoms with van der Waals surface area (Å²) in [5.41, 5.74) is 7.40. The minimum Gasteiger partial charge on any atom is -0.479 e. The largest absolute Gasteiger partial charge is 0.479 e. The lowest BCUT2D eigenvalue weighted by atomic mass is 10.3. The van der Waals surface area contributed by atoms with Gasteiger partial charge in [-0.15, -0.1) is 0 Å². The molecule has 0 atom stereocenters. The number of methoxy groups -OCH3 is 1. The molecule has 2 aromatic heterocycles. The van der Waals surface area contributed by atoms with Gasteiger partial charge < -0.3 is 15.4 Å². The predicted molar refractivity (Wildman–Crippen MR) is 70.5 cm³/mol. The molecule has 0 aliphatic heterocycles. The number of hydrogen-bond acceptors (Lipinski definition) is 5. The molecule has 0 saturated carbocycles. The summed E-state index contributed by atoms with van der Waals surface area (Å²) in [6.45, 7) is 0.730. The van der Waals surface area contributed by atoms with Crippen molar-refractivity contribution >= 4 is 11.5 Å². The van der Waals surface area contributed by atoms with Crippen molar-refractivity contribution in [1.82, 2.24) is 14.8 Å². The van der Waals surface area contributed by atoms with Gasteiger partial charge >= 0.3 is 0 Å². The Bertz CT molecular complexity index is 537. The summed E-state index contributed by atoms with van der Waals surface area (Å²) in [4.78, 5) is 6.36. The Hall–Kier alpha value is -2.24. The van der Waals surface area contributed by atoms with Crippen LogP contribution in [0.2, 0.25) is 0 Å². The number of pyridine rings is 1. The minimum atomic E-state index is 0.450. The lowest BCUT2D eigenvalue weighted by Gasteiger charge is -2.18. The zero-order valence-electron chi connectivity index (χ0n) is 10.8. The number of nitrogen functional groups attached to an aromatic ring is 1. The second kappa shape index (κ2) is 4.95. The van der Waals surface area contributed by atoms with Gasteiger partial charge in [-0.05, 0) is 12.1 Å². The maximum absolute atomic E-state index is 5.74. The second-order valence-electron chi connectivity index (χ2n) is 4.15. The third kappa shape index (κ3) is 2.53. The van der Waals surface area contributed by atoms with Crippen molar-refractivity contribution in [3.05, 3.63) is 30.1 Å². The van der Waals surface area contributed by atoms with Crippen LogP contribution in [0.1, 0.15) is 5.56 Å². The zero-order chi connectivity index (χ0) is 13.1. The number of aromatic nitrogens is 3. The highest BCUT2D eigenvalue weighted by molar-refractivity contribution is 5.54. The summed E-state index contributed by atoms with van der Waals surface area (Å²) in [7, 11) is 5.42. The minimum absolute atomic E-state index is 0.450. The van der Waals surface area contributed by atoms with E-state index in [-0.39, 0.29) is 0 Å². The maximum Gasteiger partial charge on any atom is 0.238 e. The van der Waals surface area contributed by atoms with E-state index in [1.165, 1.54) is 0 Å². The summed E-state index contributed by atoms with van der Waals surface area (Å²) >= 11 is 0. The van der Waals surface area contributed by atoms with Gasteiger partial charge in [0.25, 0.3) is 0 Å². The molecule has 0 unspecified atom stereocenters. The first kappa shape index (κ1) is 12.2. The molecule has 0 aliphatic carbocycles. The van der Waals surface area contributed by atoms with Crippen molar-refractivity contribution in [3.8, 4) is 5.88 Å². The Morgan fingerprint density at radius 3 is 2.83 bits per heavy atom. The molecule has 0 fully saturated rings. The number of aryl methyl sites for hydroxylation is 1. The molecule has 96 valence electrons. The predicted octanol–water partition coefficient (Wildman–Crippen LogP) is 1.04. The van der Waals surface area contributed by atoms with Gasteiger partial charge in [-0.3, -0.25) is 4.68 Å². The second-order valence-corrected chi connectivity index (χ2v) is 4.15. The number of anilines is 2. The molecule has 2 aromatic rings. The van der Waals surface area contributed by atoms with E-state index >= 15 is 0 Å². The Balaban J connectivity index is 2.15. The molecule has 0 radical (unpaired) electrons. The topological polar surface area (TPSA) is 69.2 Å². The van der Waals surface area contributed by atoms with E-state index in [1.807, 2.05) is 37.5 Å². The van der Waals surface area contributed by atoms with Crippen LogP contribution in [-0.2, 0) is 13.6 Å². The summed E-state index contributed by atoms with van der Waals surface area (Å²) in [6.07, 6.45) is 3.82. The monoisotopic (exact) mass is 247 g/mol. The fraction of sp³-hybridized carbons (Fsp3) is 0.333. The Labute approximate surface area is 106 Å². The number of rotatable bonds is 4. The van der Waals surface area contributed by atoms with E-state index < -0.39 is 0 Å². The number of nitrogens with zero attached hydrogens (tertiary/aromatic N) is 4. The van der Waals surface area contributed by atoms with Gasteiger partial charge in [0.05, 0.1) is 19.0 Å². The lowest BCUT2D eigenvalue weighted by molar-refractivity contribution is 0.400. The first-order valence-corrected chi connectivity index (χ1v) is 5.59. The summed E-state index contributed by atoms with van der Waals surface area (Å²) < 4.78 is 6.89. The molecule has 2 N–H and O–H groups in total. The van der Waals surface area contributed by atoms with Crippen molar-refractivity contribution in [2.45, 2.75) is 6.54 Å². The molecule has 2 rings (SSSR count). The Kier molecular flexibility index (Phi) is 3.36. The van der Waals surface area contributed by atoms with Crippen LogP contribution in [-0.4, -0.2) is 28.9 Å². The normalized spacial score (nSPS) is 10.4. The van der Waals surface area contributed by atoms with Crippen LogP contribution >= 0.6 is 0 Å². The van der Waals surface area contributed by atoms with Crippen LogP contribution in [0.25, 0.3) is 0 Å². The van der Waals surface area contributed by atoms with Crippen molar-refractivity contribution in [3.63, 3.8) is 0 Å². The molecular formula is C12H17N5O. The van der Waals surface area contributed by atoms with Crippen LogP contribution in [0.15, 0.2) is 24.5 Å². The summed E-state index contributed by atoms with van der Waals surface area (Å²) in [6, 6.07) is 3.66. The van der Waals surface area contributed by atoms with Gasteiger partial charge in [0.2, 0.25) is 5.88 Å². The van der Waals surface area contributed by atoms with E-state index in [0.29, 0.717) is 11.6 Å². The van der Waals surface area contributed by atoms with Crippen LogP contribution in [0.5, 0.6) is 5.88 Å². The smallest absolute Gasteiger partial charge is 0.238 e. The first-order chi connectivity index (χ1) is 8.60. The number of nitrogens with two attached hydrogens (primary N) is 1. The fourth-order valence-corrected chi connectivity index (χ4v) is 1.73. The Morgan fingerprint density at radius 1 is 1.44 bits per heavy atom. The van der Waals surface area contributed by atoms with E-state index in [2.05, 4.69) is 10.1 Å².